The zero-order valence-corrected chi connectivity index (χ0v) is 12.8. The molecule has 0 aromatic carbocycles. The van der Waals surface area contributed by atoms with E-state index in [2.05, 4.69) is 9.55 Å². The number of hydrogen-bond acceptors (Lipinski definition) is 4. The molecular formula is C14H21N3O3S. The fourth-order valence-electron chi connectivity index (χ4n) is 3.28. The summed E-state index contributed by atoms with van der Waals surface area (Å²) < 4.78 is 25.0. The third kappa shape index (κ3) is 3.45. The van der Waals surface area contributed by atoms with Crippen molar-refractivity contribution in [3.8, 4) is 0 Å². The second kappa shape index (κ2) is 5.79. The van der Waals surface area contributed by atoms with Crippen LogP contribution in [0.3, 0.4) is 0 Å². The van der Waals surface area contributed by atoms with Gasteiger partial charge in [0.25, 0.3) is 0 Å². The number of imidazole rings is 1. The van der Waals surface area contributed by atoms with Crippen molar-refractivity contribution < 1.29 is 13.2 Å². The van der Waals surface area contributed by atoms with Crippen LogP contribution < -0.4 is 0 Å². The Bertz CT molecular complexity index is 589. The summed E-state index contributed by atoms with van der Waals surface area (Å²) in [7, 11) is -2.98. The van der Waals surface area contributed by atoms with Crippen LogP contribution in [-0.2, 0) is 21.2 Å². The topological polar surface area (TPSA) is 72.3 Å². The van der Waals surface area contributed by atoms with E-state index in [0.717, 1.165) is 32.5 Å². The lowest BCUT2D eigenvalue weighted by Gasteiger charge is -2.33. The number of piperidine rings is 1. The monoisotopic (exact) mass is 311 g/mol. The molecule has 116 valence electrons. The van der Waals surface area contributed by atoms with Crippen molar-refractivity contribution in [3.05, 3.63) is 18.7 Å². The number of sulfone groups is 1. The molecule has 2 aliphatic rings. The van der Waals surface area contributed by atoms with Gasteiger partial charge in [-0.15, -0.1) is 0 Å². The Morgan fingerprint density at radius 3 is 2.57 bits per heavy atom. The molecule has 2 aliphatic heterocycles. The number of likely N-dealkylation sites (tertiary alicyclic amines) is 1. The molecular weight excluding hydrogens is 290 g/mol. The van der Waals surface area contributed by atoms with Gasteiger partial charge in [0, 0.05) is 32.0 Å². The Morgan fingerprint density at radius 2 is 2.00 bits per heavy atom. The van der Waals surface area contributed by atoms with Crippen LogP contribution in [0.15, 0.2) is 18.7 Å². The Morgan fingerprint density at radius 1 is 1.24 bits per heavy atom. The first kappa shape index (κ1) is 14.6. The molecule has 1 amide bonds. The minimum atomic E-state index is -2.98. The fraction of sp³-hybridized carbons (Fsp3) is 0.714. The van der Waals surface area contributed by atoms with E-state index in [1.54, 1.807) is 6.20 Å². The van der Waals surface area contributed by atoms with Crippen LogP contribution in [-0.4, -0.2) is 53.4 Å². The number of hydrogen-bond donors (Lipinski definition) is 0. The van der Waals surface area contributed by atoms with Gasteiger partial charge in [-0.1, -0.05) is 0 Å². The Balaban J connectivity index is 1.50. The number of nitrogens with zero attached hydrogens (tertiary/aromatic N) is 3. The van der Waals surface area contributed by atoms with Gasteiger partial charge in [-0.2, -0.15) is 0 Å². The van der Waals surface area contributed by atoms with Gasteiger partial charge in [0.05, 0.1) is 23.8 Å². The molecule has 6 nitrogen and oxygen atoms in total. The fourth-order valence-corrected chi connectivity index (χ4v) is 5.01. The summed E-state index contributed by atoms with van der Waals surface area (Å²) in [5.41, 5.74) is 0. The molecule has 1 aromatic heterocycles. The molecule has 2 fully saturated rings. The third-order valence-electron chi connectivity index (χ3n) is 4.54. The van der Waals surface area contributed by atoms with E-state index >= 15 is 0 Å². The van der Waals surface area contributed by atoms with Crippen molar-refractivity contribution in [2.24, 2.45) is 11.8 Å². The third-order valence-corrected chi connectivity index (χ3v) is 6.30. The van der Waals surface area contributed by atoms with Gasteiger partial charge in [0.15, 0.2) is 9.84 Å². The normalized spacial score (nSPS) is 26.1. The van der Waals surface area contributed by atoms with Crippen LogP contribution in [0.5, 0.6) is 0 Å². The van der Waals surface area contributed by atoms with Crippen molar-refractivity contribution in [3.63, 3.8) is 0 Å². The average molecular weight is 311 g/mol. The number of carbonyl (C=O) groups is 1. The van der Waals surface area contributed by atoms with Crippen LogP contribution in [0.2, 0.25) is 0 Å². The first-order chi connectivity index (χ1) is 10.0. The summed E-state index contributed by atoms with van der Waals surface area (Å²) in [5, 5.41) is 0. The molecule has 2 saturated heterocycles. The maximum atomic E-state index is 12.4. The molecule has 7 heteroatoms. The summed E-state index contributed by atoms with van der Waals surface area (Å²) in [6.45, 7) is 2.43. The number of aromatic nitrogens is 2. The van der Waals surface area contributed by atoms with Gasteiger partial charge < -0.3 is 9.47 Å². The molecule has 0 spiro atoms. The summed E-state index contributed by atoms with van der Waals surface area (Å²) >= 11 is 0. The quantitative estimate of drug-likeness (QED) is 0.817. The lowest BCUT2D eigenvalue weighted by molar-refractivity contribution is -0.136. The lowest BCUT2D eigenvalue weighted by atomic mass is 9.95. The van der Waals surface area contributed by atoms with Crippen LogP contribution >= 0.6 is 0 Å². The summed E-state index contributed by atoms with van der Waals surface area (Å²) in [5.74, 6) is 0.509. The largest absolute Gasteiger partial charge is 0.342 e. The Labute approximate surface area is 125 Å². The maximum Gasteiger partial charge on any atom is 0.226 e. The van der Waals surface area contributed by atoms with Gasteiger partial charge in [-0.05, 0) is 25.2 Å². The average Bonchev–Trinajstić information content (AvgIpc) is 3.08. The summed E-state index contributed by atoms with van der Waals surface area (Å²) in [4.78, 5) is 18.3. The van der Waals surface area contributed by atoms with Crippen LogP contribution in [0.25, 0.3) is 0 Å². The maximum absolute atomic E-state index is 12.4. The van der Waals surface area contributed by atoms with Crippen LogP contribution in [0, 0.1) is 11.8 Å². The predicted molar refractivity (Wildman–Crippen MR) is 78.3 cm³/mol. The van der Waals surface area contributed by atoms with E-state index in [0.29, 0.717) is 12.3 Å². The molecule has 21 heavy (non-hydrogen) atoms. The van der Waals surface area contributed by atoms with E-state index in [9.17, 15) is 13.2 Å². The predicted octanol–water partition coefficient (Wildman–Crippen LogP) is 0.556. The second-order valence-corrected chi connectivity index (χ2v) is 8.36. The molecule has 0 N–H and O–H groups in total. The molecule has 0 bridgehead atoms. The molecule has 3 rings (SSSR count). The van der Waals surface area contributed by atoms with Crippen molar-refractivity contribution in [1.82, 2.24) is 14.5 Å². The van der Waals surface area contributed by atoms with Gasteiger partial charge in [-0.25, -0.2) is 13.4 Å². The zero-order chi connectivity index (χ0) is 14.9. The highest BCUT2D eigenvalue weighted by Crippen LogP contribution is 2.25. The van der Waals surface area contributed by atoms with Crippen molar-refractivity contribution in [1.29, 1.82) is 0 Å². The molecule has 1 atom stereocenters. The molecule has 1 aromatic rings. The highest BCUT2D eigenvalue weighted by Gasteiger charge is 2.36. The van der Waals surface area contributed by atoms with Crippen molar-refractivity contribution in [2.45, 2.75) is 25.8 Å². The molecule has 0 aliphatic carbocycles. The molecule has 0 radical (unpaired) electrons. The summed E-state index contributed by atoms with van der Waals surface area (Å²) in [6.07, 6.45) is 8.00. The first-order valence-electron chi connectivity index (χ1n) is 7.48. The highest BCUT2D eigenvalue weighted by molar-refractivity contribution is 7.91. The number of carbonyl (C=O) groups excluding carboxylic acids is 1. The zero-order valence-electron chi connectivity index (χ0n) is 12.0. The van der Waals surface area contributed by atoms with E-state index < -0.39 is 9.84 Å². The molecule has 0 unspecified atom stereocenters. The minimum Gasteiger partial charge on any atom is -0.342 e. The van der Waals surface area contributed by atoms with Gasteiger partial charge >= 0.3 is 0 Å². The highest BCUT2D eigenvalue weighted by atomic mass is 32.2. The van der Waals surface area contributed by atoms with Gasteiger partial charge in [-0.3, -0.25) is 4.79 Å². The van der Waals surface area contributed by atoms with Crippen molar-refractivity contribution >= 4 is 15.7 Å². The van der Waals surface area contributed by atoms with E-state index in [1.807, 2.05) is 17.4 Å². The Kier molecular flexibility index (Phi) is 4.01. The minimum absolute atomic E-state index is 0.0390. The Hall–Kier alpha value is -1.37. The molecule has 0 saturated carbocycles. The standard InChI is InChI=1S/C14H21N3O3S/c18-14(13-3-8-21(19,20)10-13)17-5-1-12(2-6-17)9-16-7-4-15-11-16/h4,7,11-13H,1-3,5-6,8-10H2/t13-/m0/s1. The second-order valence-electron chi connectivity index (χ2n) is 6.13. The summed E-state index contributed by atoms with van der Waals surface area (Å²) in [6, 6.07) is 0. The smallest absolute Gasteiger partial charge is 0.226 e. The van der Waals surface area contributed by atoms with Gasteiger partial charge in [0.1, 0.15) is 0 Å². The van der Waals surface area contributed by atoms with E-state index in [4.69, 9.17) is 0 Å². The van der Waals surface area contributed by atoms with Crippen molar-refractivity contribution in [2.75, 3.05) is 24.6 Å². The lowest BCUT2D eigenvalue weighted by Crippen LogP contribution is -2.42. The van der Waals surface area contributed by atoms with Gasteiger partial charge in [0.2, 0.25) is 5.91 Å². The van der Waals surface area contributed by atoms with Crippen LogP contribution in [0.4, 0.5) is 0 Å². The number of rotatable bonds is 3. The first-order valence-corrected chi connectivity index (χ1v) is 9.30. The van der Waals surface area contributed by atoms with E-state index in [1.165, 1.54) is 0 Å². The van der Waals surface area contributed by atoms with E-state index in [-0.39, 0.29) is 23.3 Å². The van der Waals surface area contributed by atoms with Crippen LogP contribution in [0.1, 0.15) is 19.3 Å². The number of amides is 1. The molecule has 3 heterocycles. The SMILES string of the molecule is O=C([C@H]1CCS(=O)(=O)C1)N1CCC(Cn2ccnc2)CC1.